The Balaban J connectivity index is 2.06. The van der Waals surface area contributed by atoms with Crippen molar-refractivity contribution in [3.63, 3.8) is 0 Å². The standard InChI is InChI=1S/C13H15N3S/c1-16-8-11(13(14)15-16)9-4-5-12-10(7-9)3-2-6-17-12/h4-5,7-8H,2-3,6H2,1H3,(H2,14,15). The first-order chi connectivity index (χ1) is 8.24. The Morgan fingerprint density at radius 2 is 2.29 bits per heavy atom. The molecule has 0 aliphatic carbocycles. The highest BCUT2D eigenvalue weighted by molar-refractivity contribution is 7.99. The molecule has 1 aromatic carbocycles. The molecule has 4 heteroatoms. The van der Waals surface area contributed by atoms with Gasteiger partial charge in [0.25, 0.3) is 0 Å². The normalized spacial score (nSPS) is 14.6. The molecule has 1 aromatic heterocycles. The molecular formula is C13H15N3S. The van der Waals surface area contributed by atoms with Crippen LogP contribution in [0.5, 0.6) is 0 Å². The van der Waals surface area contributed by atoms with Gasteiger partial charge in [0.1, 0.15) is 0 Å². The fourth-order valence-corrected chi connectivity index (χ4v) is 3.28. The van der Waals surface area contributed by atoms with E-state index in [0.717, 1.165) is 5.56 Å². The number of nitrogens with zero attached hydrogens (tertiary/aromatic N) is 2. The van der Waals surface area contributed by atoms with Crippen molar-refractivity contribution in [3.8, 4) is 11.1 Å². The lowest BCUT2D eigenvalue weighted by atomic mass is 10.0. The number of benzene rings is 1. The summed E-state index contributed by atoms with van der Waals surface area (Å²) in [6.07, 6.45) is 4.42. The Bertz CT molecular complexity index is 560. The Morgan fingerprint density at radius 3 is 3.06 bits per heavy atom. The van der Waals surface area contributed by atoms with Gasteiger partial charge in [0.15, 0.2) is 5.82 Å². The molecule has 0 fully saturated rings. The van der Waals surface area contributed by atoms with Crippen LogP contribution in [0.25, 0.3) is 11.1 Å². The molecule has 0 bridgehead atoms. The summed E-state index contributed by atoms with van der Waals surface area (Å²) >= 11 is 1.95. The van der Waals surface area contributed by atoms with E-state index in [-0.39, 0.29) is 0 Å². The van der Waals surface area contributed by atoms with Crippen molar-refractivity contribution in [2.75, 3.05) is 11.5 Å². The van der Waals surface area contributed by atoms with Gasteiger partial charge in [0.05, 0.1) is 0 Å². The molecule has 2 N–H and O–H groups in total. The lowest BCUT2D eigenvalue weighted by Gasteiger charge is -2.15. The van der Waals surface area contributed by atoms with Crippen molar-refractivity contribution in [1.29, 1.82) is 0 Å². The van der Waals surface area contributed by atoms with E-state index in [2.05, 4.69) is 23.3 Å². The molecule has 0 amide bonds. The third kappa shape index (κ3) is 1.93. The summed E-state index contributed by atoms with van der Waals surface area (Å²) in [7, 11) is 1.90. The van der Waals surface area contributed by atoms with Crippen molar-refractivity contribution in [3.05, 3.63) is 30.0 Å². The van der Waals surface area contributed by atoms with E-state index in [1.807, 2.05) is 25.0 Å². The van der Waals surface area contributed by atoms with Crippen LogP contribution in [-0.2, 0) is 13.5 Å². The fraction of sp³-hybridized carbons (Fsp3) is 0.308. The van der Waals surface area contributed by atoms with E-state index < -0.39 is 0 Å². The molecule has 3 nitrogen and oxygen atoms in total. The summed E-state index contributed by atoms with van der Waals surface area (Å²) < 4.78 is 1.76. The number of fused-ring (bicyclic) bond motifs is 1. The van der Waals surface area contributed by atoms with E-state index in [1.54, 1.807) is 4.68 Å². The highest BCUT2D eigenvalue weighted by Crippen LogP contribution is 2.34. The van der Waals surface area contributed by atoms with E-state index in [1.165, 1.54) is 34.6 Å². The Labute approximate surface area is 105 Å². The minimum absolute atomic E-state index is 0.607. The van der Waals surface area contributed by atoms with Gasteiger partial charge in [-0.3, -0.25) is 4.68 Å². The first kappa shape index (κ1) is 10.7. The van der Waals surface area contributed by atoms with Gasteiger partial charge < -0.3 is 5.73 Å². The minimum Gasteiger partial charge on any atom is -0.382 e. The van der Waals surface area contributed by atoms with Gasteiger partial charge in [0, 0.05) is 23.7 Å². The van der Waals surface area contributed by atoms with Gasteiger partial charge in [-0.1, -0.05) is 6.07 Å². The first-order valence-electron chi connectivity index (χ1n) is 5.79. The predicted octanol–water partition coefficient (Wildman–Crippen LogP) is 2.71. The fourth-order valence-electron chi connectivity index (χ4n) is 2.26. The van der Waals surface area contributed by atoms with Crippen LogP contribution in [-0.4, -0.2) is 15.5 Å². The maximum atomic E-state index is 5.91. The molecule has 0 radical (unpaired) electrons. The summed E-state index contributed by atoms with van der Waals surface area (Å²) in [5.74, 6) is 1.84. The molecule has 0 saturated heterocycles. The van der Waals surface area contributed by atoms with Gasteiger partial charge >= 0.3 is 0 Å². The number of aromatic nitrogens is 2. The molecule has 88 valence electrons. The molecule has 1 aliphatic rings. The lowest BCUT2D eigenvalue weighted by Crippen LogP contribution is -1.98. The molecule has 2 aromatic rings. The summed E-state index contributed by atoms with van der Waals surface area (Å²) in [4.78, 5) is 1.42. The van der Waals surface area contributed by atoms with E-state index in [9.17, 15) is 0 Å². The van der Waals surface area contributed by atoms with Crippen molar-refractivity contribution in [2.24, 2.45) is 7.05 Å². The number of hydrogen-bond donors (Lipinski definition) is 1. The molecule has 17 heavy (non-hydrogen) atoms. The molecule has 0 unspecified atom stereocenters. The average molecular weight is 245 g/mol. The van der Waals surface area contributed by atoms with E-state index in [4.69, 9.17) is 5.73 Å². The second kappa shape index (κ2) is 4.11. The quantitative estimate of drug-likeness (QED) is 0.840. The number of rotatable bonds is 1. The zero-order valence-corrected chi connectivity index (χ0v) is 10.6. The maximum absolute atomic E-state index is 5.91. The van der Waals surface area contributed by atoms with Gasteiger partial charge in [-0.05, 0) is 41.9 Å². The van der Waals surface area contributed by atoms with Gasteiger partial charge in [-0.25, -0.2) is 0 Å². The highest BCUT2D eigenvalue weighted by atomic mass is 32.2. The van der Waals surface area contributed by atoms with Crippen molar-refractivity contribution >= 4 is 17.6 Å². The maximum Gasteiger partial charge on any atom is 0.153 e. The smallest absolute Gasteiger partial charge is 0.153 e. The van der Waals surface area contributed by atoms with Crippen molar-refractivity contribution < 1.29 is 0 Å². The van der Waals surface area contributed by atoms with Crippen LogP contribution < -0.4 is 5.73 Å². The molecule has 2 heterocycles. The Kier molecular flexibility index (Phi) is 2.59. The second-order valence-corrected chi connectivity index (χ2v) is 5.51. The van der Waals surface area contributed by atoms with Gasteiger partial charge in [-0.2, -0.15) is 5.10 Å². The third-order valence-electron chi connectivity index (χ3n) is 3.08. The van der Waals surface area contributed by atoms with Crippen LogP contribution in [0.2, 0.25) is 0 Å². The minimum atomic E-state index is 0.607. The number of nitrogens with two attached hydrogens (primary N) is 1. The Morgan fingerprint density at radius 1 is 1.41 bits per heavy atom. The summed E-state index contributed by atoms with van der Waals surface area (Å²) in [6, 6.07) is 6.61. The largest absolute Gasteiger partial charge is 0.382 e. The van der Waals surface area contributed by atoms with Crippen LogP contribution in [0.1, 0.15) is 12.0 Å². The predicted molar refractivity (Wildman–Crippen MR) is 72.1 cm³/mol. The molecule has 3 rings (SSSR count). The van der Waals surface area contributed by atoms with Crippen molar-refractivity contribution in [1.82, 2.24) is 9.78 Å². The Hall–Kier alpha value is -1.42. The van der Waals surface area contributed by atoms with Crippen LogP contribution >= 0.6 is 11.8 Å². The summed E-state index contributed by atoms with van der Waals surface area (Å²) in [6.45, 7) is 0. The van der Waals surface area contributed by atoms with Gasteiger partial charge in [0.2, 0.25) is 0 Å². The summed E-state index contributed by atoms with van der Waals surface area (Å²) in [5, 5.41) is 4.19. The van der Waals surface area contributed by atoms with E-state index >= 15 is 0 Å². The summed E-state index contributed by atoms with van der Waals surface area (Å²) in [5.41, 5.74) is 9.57. The van der Waals surface area contributed by atoms with E-state index in [0.29, 0.717) is 5.82 Å². The van der Waals surface area contributed by atoms with Crippen LogP contribution in [0.4, 0.5) is 5.82 Å². The molecule has 0 saturated carbocycles. The molecule has 0 atom stereocenters. The van der Waals surface area contributed by atoms with Crippen molar-refractivity contribution in [2.45, 2.75) is 17.7 Å². The topological polar surface area (TPSA) is 43.8 Å². The molecular weight excluding hydrogens is 230 g/mol. The first-order valence-corrected chi connectivity index (χ1v) is 6.78. The van der Waals surface area contributed by atoms with Crippen LogP contribution in [0.15, 0.2) is 29.3 Å². The average Bonchev–Trinajstić information content (AvgIpc) is 2.68. The number of thioether (sulfide) groups is 1. The number of aryl methyl sites for hydroxylation is 2. The van der Waals surface area contributed by atoms with Crippen LogP contribution in [0.3, 0.4) is 0 Å². The second-order valence-electron chi connectivity index (χ2n) is 4.38. The van der Waals surface area contributed by atoms with Gasteiger partial charge in [-0.15, -0.1) is 11.8 Å². The zero-order chi connectivity index (χ0) is 11.8. The number of anilines is 1. The lowest BCUT2D eigenvalue weighted by molar-refractivity contribution is 0.772. The number of hydrogen-bond acceptors (Lipinski definition) is 3. The SMILES string of the molecule is Cn1cc(-c2ccc3c(c2)CCCS3)c(N)n1. The zero-order valence-electron chi connectivity index (χ0n) is 9.81. The molecule has 0 spiro atoms. The van der Waals surface area contributed by atoms with Crippen LogP contribution in [0, 0.1) is 0 Å². The monoisotopic (exact) mass is 245 g/mol. The molecule has 1 aliphatic heterocycles. The number of nitrogen functional groups attached to an aromatic ring is 1. The highest BCUT2D eigenvalue weighted by Gasteiger charge is 2.13. The third-order valence-corrected chi connectivity index (χ3v) is 4.28.